The maximum atomic E-state index is 13.4. The highest BCUT2D eigenvalue weighted by Crippen LogP contribution is 2.25. The molecule has 1 unspecified atom stereocenters. The van der Waals surface area contributed by atoms with E-state index in [4.69, 9.17) is 16.1 Å². The fraction of sp³-hybridized carbons (Fsp3) is 0.308. The van der Waals surface area contributed by atoms with E-state index in [0.29, 0.717) is 24.6 Å². The summed E-state index contributed by atoms with van der Waals surface area (Å²) in [5.41, 5.74) is 1.44. The molecule has 104 valence electrons. The van der Waals surface area contributed by atoms with Crippen molar-refractivity contribution in [1.29, 1.82) is 0 Å². The number of halogens is 2. The number of benzene rings is 1. The molecule has 0 aliphatic heterocycles. The van der Waals surface area contributed by atoms with Gasteiger partial charge in [0.2, 0.25) is 6.39 Å². The lowest BCUT2D eigenvalue weighted by Crippen LogP contribution is -2.07. The molecule has 0 amide bonds. The van der Waals surface area contributed by atoms with Crippen LogP contribution in [0.15, 0.2) is 29.1 Å². The molecular weight excluding hydrogens is 283 g/mol. The highest BCUT2D eigenvalue weighted by atomic mass is 35.5. The zero-order valence-electron chi connectivity index (χ0n) is 10.8. The number of aromatic nitrogens is 4. The van der Waals surface area contributed by atoms with E-state index in [1.807, 2.05) is 11.5 Å². The lowest BCUT2D eigenvalue weighted by molar-refractivity contribution is 0.408. The molecule has 2 aromatic heterocycles. The van der Waals surface area contributed by atoms with Crippen molar-refractivity contribution in [3.8, 4) is 0 Å². The van der Waals surface area contributed by atoms with Crippen molar-refractivity contribution in [3.63, 3.8) is 0 Å². The predicted molar refractivity (Wildman–Crippen MR) is 72.0 cm³/mol. The Bertz CT molecular complexity index is 723. The molecule has 3 aromatic rings. The van der Waals surface area contributed by atoms with Crippen LogP contribution in [0.3, 0.4) is 0 Å². The minimum absolute atomic E-state index is 0.268. The van der Waals surface area contributed by atoms with Gasteiger partial charge in [-0.1, -0.05) is 5.16 Å². The molecule has 0 fully saturated rings. The SMILES string of the molecule is CC(Cl)c1nc2ccc(F)cc2n1CCc1ncon1. The van der Waals surface area contributed by atoms with Gasteiger partial charge in [-0.25, -0.2) is 9.37 Å². The maximum absolute atomic E-state index is 13.4. The van der Waals surface area contributed by atoms with Gasteiger partial charge in [0.1, 0.15) is 11.6 Å². The van der Waals surface area contributed by atoms with Gasteiger partial charge in [-0.3, -0.25) is 0 Å². The quantitative estimate of drug-likeness (QED) is 0.694. The van der Waals surface area contributed by atoms with Crippen molar-refractivity contribution < 1.29 is 8.91 Å². The molecule has 0 saturated carbocycles. The highest BCUT2D eigenvalue weighted by Gasteiger charge is 2.15. The molecule has 5 nitrogen and oxygen atoms in total. The molecule has 0 spiro atoms. The van der Waals surface area contributed by atoms with Gasteiger partial charge in [0.25, 0.3) is 0 Å². The van der Waals surface area contributed by atoms with Crippen molar-refractivity contribution in [2.45, 2.75) is 25.3 Å². The zero-order chi connectivity index (χ0) is 14.1. The second-order valence-corrected chi connectivity index (χ2v) is 5.12. The molecule has 3 rings (SSSR count). The number of hydrogen-bond donors (Lipinski definition) is 0. The van der Waals surface area contributed by atoms with Crippen molar-refractivity contribution in [3.05, 3.63) is 42.1 Å². The third-order valence-electron chi connectivity index (χ3n) is 3.06. The third kappa shape index (κ3) is 2.38. The van der Waals surface area contributed by atoms with E-state index in [0.717, 1.165) is 11.0 Å². The standard InChI is InChI=1S/C13H12ClFN4O/c1-8(14)13-17-10-3-2-9(15)6-11(10)19(13)5-4-12-16-7-20-18-12/h2-3,6-8H,4-5H2,1H3. The van der Waals surface area contributed by atoms with Gasteiger partial charge < -0.3 is 9.09 Å². The van der Waals surface area contributed by atoms with Crippen molar-refractivity contribution in [1.82, 2.24) is 19.7 Å². The largest absolute Gasteiger partial charge is 0.343 e. The molecule has 0 radical (unpaired) electrons. The van der Waals surface area contributed by atoms with E-state index in [2.05, 4.69) is 15.1 Å². The summed E-state index contributed by atoms with van der Waals surface area (Å²) >= 11 is 6.15. The van der Waals surface area contributed by atoms with Gasteiger partial charge in [0.15, 0.2) is 5.82 Å². The van der Waals surface area contributed by atoms with Crippen molar-refractivity contribution >= 4 is 22.6 Å². The molecule has 0 aliphatic carbocycles. The number of nitrogens with zero attached hydrogens (tertiary/aromatic N) is 4. The Balaban J connectivity index is 2.01. The first-order valence-electron chi connectivity index (χ1n) is 6.20. The molecule has 1 aromatic carbocycles. The van der Waals surface area contributed by atoms with E-state index in [9.17, 15) is 4.39 Å². The van der Waals surface area contributed by atoms with Crippen LogP contribution in [0.5, 0.6) is 0 Å². The van der Waals surface area contributed by atoms with Crippen LogP contribution in [0.25, 0.3) is 11.0 Å². The lowest BCUT2D eigenvalue weighted by Gasteiger charge is -2.09. The first-order valence-corrected chi connectivity index (χ1v) is 6.64. The average Bonchev–Trinajstić information content (AvgIpc) is 3.03. The molecule has 1 atom stereocenters. The summed E-state index contributed by atoms with van der Waals surface area (Å²) in [6, 6.07) is 4.50. The Morgan fingerprint density at radius 2 is 2.30 bits per heavy atom. The van der Waals surface area contributed by atoms with Gasteiger partial charge in [-0.15, -0.1) is 11.6 Å². The average molecular weight is 295 g/mol. The van der Waals surface area contributed by atoms with E-state index >= 15 is 0 Å². The van der Waals surface area contributed by atoms with Crippen LogP contribution >= 0.6 is 11.6 Å². The number of alkyl halides is 1. The number of hydrogen-bond acceptors (Lipinski definition) is 4. The van der Waals surface area contributed by atoms with Crippen LogP contribution in [-0.4, -0.2) is 19.7 Å². The third-order valence-corrected chi connectivity index (χ3v) is 3.26. The van der Waals surface area contributed by atoms with Crippen LogP contribution in [0.4, 0.5) is 4.39 Å². The zero-order valence-corrected chi connectivity index (χ0v) is 11.5. The highest BCUT2D eigenvalue weighted by molar-refractivity contribution is 6.20. The van der Waals surface area contributed by atoms with Crippen LogP contribution in [-0.2, 0) is 13.0 Å². The molecule has 2 heterocycles. The minimum Gasteiger partial charge on any atom is -0.343 e. The molecule has 20 heavy (non-hydrogen) atoms. The summed E-state index contributed by atoms with van der Waals surface area (Å²) in [4.78, 5) is 8.42. The molecular formula is C13H12ClFN4O. The monoisotopic (exact) mass is 294 g/mol. The van der Waals surface area contributed by atoms with Crippen LogP contribution in [0.2, 0.25) is 0 Å². The van der Waals surface area contributed by atoms with Crippen LogP contribution in [0.1, 0.15) is 23.9 Å². The molecule has 0 aliphatic rings. The summed E-state index contributed by atoms with van der Waals surface area (Å²) in [5.74, 6) is 0.999. The van der Waals surface area contributed by atoms with Crippen molar-refractivity contribution in [2.24, 2.45) is 0 Å². The number of aryl methyl sites for hydroxylation is 2. The van der Waals surface area contributed by atoms with E-state index in [1.165, 1.54) is 18.5 Å². The fourth-order valence-electron chi connectivity index (χ4n) is 2.17. The van der Waals surface area contributed by atoms with Gasteiger partial charge in [-0.2, -0.15) is 4.98 Å². The Morgan fingerprint density at radius 1 is 1.45 bits per heavy atom. The molecule has 0 N–H and O–H groups in total. The Hall–Kier alpha value is -1.95. The van der Waals surface area contributed by atoms with Gasteiger partial charge in [0.05, 0.1) is 16.4 Å². The van der Waals surface area contributed by atoms with Gasteiger partial charge in [-0.05, 0) is 25.1 Å². The number of imidazole rings is 1. The Morgan fingerprint density at radius 3 is 3.00 bits per heavy atom. The Labute approximate surface area is 119 Å². The summed E-state index contributed by atoms with van der Waals surface area (Å²) in [7, 11) is 0. The predicted octanol–water partition coefficient (Wildman–Crippen LogP) is 3.10. The second-order valence-electron chi connectivity index (χ2n) is 4.47. The first-order chi connectivity index (χ1) is 9.65. The van der Waals surface area contributed by atoms with Crippen molar-refractivity contribution in [2.75, 3.05) is 0 Å². The summed E-state index contributed by atoms with van der Waals surface area (Å²) in [6.45, 7) is 2.40. The van der Waals surface area contributed by atoms with Gasteiger partial charge in [0, 0.05) is 13.0 Å². The number of fused-ring (bicyclic) bond motifs is 1. The van der Waals surface area contributed by atoms with E-state index in [1.54, 1.807) is 6.07 Å². The smallest absolute Gasteiger partial charge is 0.213 e. The molecule has 0 bridgehead atoms. The molecule has 0 saturated heterocycles. The Kier molecular flexibility index (Phi) is 3.40. The normalized spacial score (nSPS) is 12.9. The topological polar surface area (TPSA) is 56.7 Å². The minimum atomic E-state index is -0.299. The van der Waals surface area contributed by atoms with Crippen LogP contribution < -0.4 is 0 Å². The van der Waals surface area contributed by atoms with E-state index in [-0.39, 0.29) is 11.2 Å². The van der Waals surface area contributed by atoms with Gasteiger partial charge >= 0.3 is 0 Å². The summed E-state index contributed by atoms with van der Waals surface area (Å²) in [5, 5.41) is 3.49. The first kappa shape index (κ1) is 13.1. The summed E-state index contributed by atoms with van der Waals surface area (Å²) in [6.07, 6.45) is 1.85. The maximum Gasteiger partial charge on any atom is 0.213 e. The number of rotatable bonds is 4. The second kappa shape index (κ2) is 5.20. The summed E-state index contributed by atoms with van der Waals surface area (Å²) < 4.78 is 20.0. The van der Waals surface area contributed by atoms with Crippen LogP contribution in [0, 0.1) is 5.82 Å². The lowest BCUT2D eigenvalue weighted by atomic mass is 10.3. The molecule has 7 heteroatoms. The fourth-order valence-corrected chi connectivity index (χ4v) is 2.33. The van der Waals surface area contributed by atoms with E-state index < -0.39 is 0 Å².